The Bertz CT molecular complexity index is 1060. The molecule has 0 saturated carbocycles. The van der Waals surface area contributed by atoms with Crippen molar-refractivity contribution in [2.45, 2.75) is 46.7 Å². The van der Waals surface area contributed by atoms with E-state index in [1.54, 1.807) is 4.52 Å². The Morgan fingerprint density at radius 2 is 1.75 bits per heavy atom. The van der Waals surface area contributed by atoms with Crippen molar-refractivity contribution in [1.29, 1.82) is 0 Å². The van der Waals surface area contributed by atoms with Crippen molar-refractivity contribution in [3.05, 3.63) is 42.0 Å². The first kappa shape index (κ1) is 22.2. The molecule has 4 rings (SSSR count). The topological polar surface area (TPSA) is 78.7 Å². The lowest BCUT2D eigenvalue weighted by Crippen LogP contribution is -2.55. The van der Waals surface area contributed by atoms with Gasteiger partial charge in [-0.3, -0.25) is 9.69 Å². The predicted molar refractivity (Wildman–Crippen MR) is 127 cm³/mol. The molecule has 0 aliphatic carbocycles. The number of aromatic nitrogens is 4. The van der Waals surface area contributed by atoms with E-state index in [0.29, 0.717) is 37.4 Å². The smallest absolute Gasteiger partial charge is 0.226 e. The molecule has 170 valence electrons. The zero-order valence-corrected chi connectivity index (χ0v) is 19.6. The molecule has 1 saturated heterocycles. The minimum atomic E-state index is -0.00321. The fourth-order valence-corrected chi connectivity index (χ4v) is 4.23. The number of carbonyl (C=O) groups excluding carboxylic acids is 1. The number of carbonyl (C=O) groups is 1. The maximum absolute atomic E-state index is 12.6. The van der Waals surface area contributed by atoms with E-state index in [2.05, 4.69) is 72.1 Å². The fraction of sp³-hybridized carbons (Fsp3) is 0.500. The van der Waals surface area contributed by atoms with E-state index in [0.717, 1.165) is 23.8 Å². The molecule has 1 amide bonds. The van der Waals surface area contributed by atoms with Crippen molar-refractivity contribution in [2.75, 3.05) is 31.1 Å². The largest absolute Gasteiger partial charge is 0.354 e. The Hall–Kier alpha value is -3.00. The lowest BCUT2D eigenvalue weighted by Gasteiger charge is -2.39. The molecule has 0 bridgehead atoms. The van der Waals surface area contributed by atoms with Gasteiger partial charge in [0.2, 0.25) is 5.91 Å². The number of aryl methyl sites for hydroxylation is 1. The average molecular weight is 436 g/mol. The summed E-state index contributed by atoms with van der Waals surface area (Å²) in [6.45, 7) is 13.7. The predicted octanol–water partition coefficient (Wildman–Crippen LogP) is 2.77. The number of benzene rings is 1. The molecule has 32 heavy (non-hydrogen) atoms. The van der Waals surface area contributed by atoms with Gasteiger partial charge in [0.25, 0.3) is 0 Å². The number of hydrogen-bond acceptors (Lipinski definition) is 6. The lowest BCUT2D eigenvalue weighted by atomic mass is 9.99. The molecule has 1 fully saturated rings. The van der Waals surface area contributed by atoms with Gasteiger partial charge >= 0.3 is 0 Å². The minimum Gasteiger partial charge on any atom is -0.354 e. The zero-order chi connectivity index (χ0) is 22.8. The number of amides is 1. The monoisotopic (exact) mass is 435 g/mol. The van der Waals surface area contributed by atoms with Crippen LogP contribution in [0.1, 0.15) is 33.3 Å². The Morgan fingerprint density at radius 3 is 2.41 bits per heavy atom. The van der Waals surface area contributed by atoms with Gasteiger partial charge in [-0.25, -0.2) is 0 Å². The summed E-state index contributed by atoms with van der Waals surface area (Å²) in [5.74, 6) is 1.67. The van der Waals surface area contributed by atoms with E-state index in [9.17, 15) is 4.79 Å². The molecule has 8 nitrogen and oxygen atoms in total. The molecule has 1 N–H and O–H groups in total. The Morgan fingerprint density at radius 1 is 1.06 bits per heavy atom. The Kier molecular flexibility index (Phi) is 6.41. The number of fused-ring (bicyclic) bond motifs is 1. The number of anilines is 1. The first-order chi connectivity index (χ1) is 15.3. The van der Waals surface area contributed by atoms with E-state index in [1.165, 1.54) is 5.56 Å². The zero-order valence-electron chi connectivity index (χ0n) is 19.6. The van der Waals surface area contributed by atoms with Crippen LogP contribution in [0.4, 0.5) is 5.82 Å². The van der Waals surface area contributed by atoms with Gasteiger partial charge in [-0.15, -0.1) is 15.3 Å². The van der Waals surface area contributed by atoms with Crippen LogP contribution in [0, 0.1) is 12.8 Å². The van der Waals surface area contributed by atoms with Crippen LogP contribution in [0.3, 0.4) is 0 Å². The SMILES string of the molecule is Cc1ccc(-c2nnc3ccc(N4CC(C(=O)NCCN(C(C)C)C(C)C)C4)nn23)cc1. The van der Waals surface area contributed by atoms with Crippen LogP contribution in [0.25, 0.3) is 17.0 Å². The molecule has 0 unspecified atom stereocenters. The second kappa shape index (κ2) is 9.24. The van der Waals surface area contributed by atoms with Crippen molar-refractivity contribution in [3.8, 4) is 11.4 Å². The molecule has 1 aliphatic heterocycles. The number of nitrogens with one attached hydrogen (secondary N) is 1. The maximum atomic E-state index is 12.6. The summed E-state index contributed by atoms with van der Waals surface area (Å²) in [7, 11) is 0. The van der Waals surface area contributed by atoms with Gasteiger partial charge in [-0.2, -0.15) is 4.52 Å². The van der Waals surface area contributed by atoms with Crippen LogP contribution in [0.15, 0.2) is 36.4 Å². The van der Waals surface area contributed by atoms with Crippen molar-refractivity contribution >= 4 is 17.4 Å². The maximum Gasteiger partial charge on any atom is 0.226 e. The molecule has 8 heteroatoms. The summed E-state index contributed by atoms with van der Waals surface area (Å²) in [6.07, 6.45) is 0. The standard InChI is InChI=1S/C24H33N7O/c1-16(2)30(17(3)4)13-12-25-24(32)20-14-29(15-20)22-11-10-21-26-27-23(31(21)28-22)19-8-6-18(5)7-9-19/h6-11,16-17,20H,12-15H2,1-5H3,(H,25,32). The van der Waals surface area contributed by atoms with Gasteiger partial charge in [0.15, 0.2) is 11.5 Å². The van der Waals surface area contributed by atoms with E-state index in [1.807, 2.05) is 24.3 Å². The fourth-order valence-electron chi connectivity index (χ4n) is 4.23. The summed E-state index contributed by atoms with van der Waals surface area (Å²) in [5, 5.41) is 16.4. The highest BCUT2D eigenvalue weighted by molar-refractivity contribution is 5.81. The van der Waals surface area contributed by atoms with Gasteiger partial charge in [-0.1, -0.05) is 29.8 Å². The van der Waals surface area contributed by atoms with Crippen LogP contribution in [0.2, 0.25) is 0 Å². The molecule has 3 aromatic rings. The van der Waals surface area contributed by atoms with Gasteiger partial charge in [0.1, 0.15) is 5.82 Å². The molecule has 3 heterocycles. The highest BCUT2D eigenvalue weighted by Gasteiger charge is 2.33. The molecule has 1 aliphatic rings. The number of nitrogens with zero attached hydrogens (tertiary/aromatic N) is 6. The molecule has 0 atom stereocenters. The molecular formula is C24H33N7O. The first-order valence-electron chi connectivity index (χ1n) is 11.4. The third kappa shape index (κ3) is 4.60. The van der Waals surface area contributed by atoms with E-state index >= 15 is 0 Å². The quantitative estimate of drug-likeness (QED) is 0.586. The van der Waals surface area contributed by atoms with Gasteiger partial charge < -0.3 is 10.2 Å². The molecule has 0 spiro atoms. The van der Waals surface area contributed by atoms with Crippen molar-refractivity contribution < 1.29 is 4.79 Å². The highest BCUT2D eigenvalue weighted by atomic mass is 16.2. The van der Waals surface area contributed by atoms with E-state index in [-0.39, 0.29) is 11.8 Å². The van der Waals surface area contributed by atoms with Crippen LogP contribution >= 0.6 is 0 Å². The molecule has 0 radical (unpaired) electrons. The van der Waals surface area contributed by atoms with Crippen LogP contribution in [-0.4, -0.2) is 68.9 Å². The van der Waals surface area contributed by atoms with Crippen LogP contribution in [-0.2, 0) is 4.79 Å². The molecular weight excluding hydrogens is 402 g/mol. The third-order valence-corrected chi connectivity index (χ3v) is 6.13. The van der Waals surface area contributed by atoms with Gasteiger partial charge in [0, 0.05) is 43.8 Å². The second-order valence-electron chi connectivity index (χ2n) is 9.17. The highest BCUT2D eigenvalue weighted by Crippen LogP contribution is 2.25. The summed E-state index contributed by atoms with van der Waals surface area (Å²) >= 11 is 0. The van der Waals surface area contributed by atoms with Gasteiger partial charge in [0.05, 0.1) is 5.92 Å². The lowest BCUT2D eigenvalue weighted by molar-refractivity contribution is -0.125. The molecule has 2 aromatic heterocycles. The first-order valence-corrected chi connectivity index (χ1v) is 11.4. The number of rotatable bonds is 8. The number of hydrogen-bond donors (Lipinski definition) is 1. The van der Waals surface area contributed by atoms with Gasteiger partial charge in [-0.05, 0) is 46.8 Å². The summed E-state index contributed by atoms with van der Waals surface area (Å²) < 4.78 is 1.78. The average Bonchev–Trinajstić information content (AvgIpc) is 3.13. The van der Waals surface area contributed by atoms with E-state index in [4.69, 9.17) is 5.10 Å². The van der Waals surface area contributed by atoms with Crippen LogP contribution in [0.5, 0.6) is 0 Å². The summed E-state index contributed by atoms with van der Waals surface area (Å²) in [6, 6.07) is 13.0. The Labute approximate surface area is 189 Å². The molecule has 1 aromatic carbocycles. The third-order valence-electron chi connectivity index (χ3n) is 6.13. The summed E-state index contributed by atoms with van der Waals surface area (Å²) in [4.78, 5) is 17.1. The van der Waals surface area contributed by atoms with Crippen LogP contribution < -0.4 is 10.2 Å². The van der Waals surface area contributed by atoms with Crippen molar-refractivity contribution in [1.82, 2.24) is 30.0 Å². The van der Waals surface area contributed by atoms with Crippen molar-refractivity contribution in [3.63, 3.8) is 0 Å². The summed E-state index contributed by atoms with van der Waals surface area (Å²) in [5.41, 5.74) is 2.88. The minimum absolute atomic E-state index is 0.00321. The Balaban J connectivity index is 1.36. The normalized spacial score (nSPS) is 14.6. The van der Waals surface area contributed by atoms with Crippen molar-refractivity contribution in [2.24, 2.45) is 5.92 Å². The van der Waals surface area contributed by atoms with E-state index < -0.39 is 0 Å². The second-order valence-corrected chi connectivity index (χ2v) is 9.17.